The number of anilines is 2. The number of carbonyl (C=O) groups excluding carboxylic acids is 1. The van der Waals surface area contributed by atoms with Crippen LogP contribution in [0, 0.1) is 11.6 Å². The van der Waals surface area contributed by atoms with Gasteiger partial charge in [-0.3, -0.25) is 10.2 Å². The maximum absolute atomic E-state index is 13.4. The van der Waals surface area contributed by atoms with Crippen molar-refractivity contribution < 1.29 is 18.3 Å². The second kappa shape index (κ2) is 7.67. The summed E-state index contributed by atoms with van der Waals surface area (Å²) in [5.41, 5.74) is 0.292. The van der Waals surface area contributed by atoms with Gasteiger partial charge in [0.15, 0.2) is 5.13 Å². The first-order valence-electron chi connectivity index (χ1n) is 7.31. The zero-order chi connectivity index (χ0) is 18.7. The first-order valence-corrected chi connectivity index (χ1v) is 8.50. The van der Waals surface area contributed by atoms with Gasteiger partial charge in [-0.1, -0.05) is 29.0 Å². The number of hydrogen-bond donors (Lipinski definition) is 1. The molecule has 0 unspecified atom stereocenters. The summed E-state index contributed by atoms with van der Waals surface area (Å²) < 4.78 is 32.1. The van der Waals surface area contributed by atoms with Gasteiger partial charge in [-0.2, -0.15) is 0 Å². The third-order valence-electron chi connectivity index (χ3n) is 3.25. The van der Waals surface area contributed by atoms with E-state index in [4.69, 9.17) is 16.3 Å². The van der Waals surface area contributed by atoms with E-state index in [9.17, 15) is 13.6 Å². The molecule has 3 rings (SSSR count). The fourth-order valence-electron chi connectivity index (χ4n) is 2.04. The van der Waals surface area contributed by atoms with Crippen molar-refractivity contribution in [1.82, 2.24) is 4.98 Å². The number of ether oxygens (including phenoxy) is 1. The smallest absolute Gasteiger partial charge is 0.327 e. The highest BCUT2D eigenvalue weighted by Crippen LogP contribution is 2.31. The average molecular weight is 396 g/mol. The number of thiazole rings is 1. The highest BCUT2D eigenvalue weighted by molar-refractivity contribution is 7.17. The largest absolute Gasteiger partial charge is 0.445 e. The molecule has 1 aromatic heterocycles. The Bertz CT molecular complexity index is 931. The van der Waals surface area contributed by atoms with Crippen molar-refractivity contribution in [3.63, 3.8) is 0 Å². The van der Waals surface area contributed by atoms with E-state index in [1.54, 1.807) is 6.07 Å². The number of urea groups is 1. The first-order chi connectivity index (χ1) is 12.4. The standard InChI is InChI=1S/C17H12ClF2N3O2S/c1-23(13-6-10(18)5-12(20)7-13)17(24)22-16-21-9-15(26-16)25-14-4-2-3-11(19)8-14/h2-9H,1H3,(H,21,22,24). The molecule has 0 spiro atoms. The molecule has 0 saturated heterocycles. The van der Waals surface area contributed by atoms with Crippen LogP contribution in [-0.4, -0.2) is 18.1 Å². The van der Waals surface area contributed by atoms with Gasteiger partial charge in [-0.25, -0.2) is 18.6 Å². The van der Waals surface area contributed by atoms with E-state index >= 15 is 0 Å². The minimum Gasteiger partial charge on any atom is -0.445 e. The molecule has 0 bridgehead atoms. The van der Waals surface area contributed by atoms with Crippen LogP contribution in [0.25, 0.3) is 0 Å². The van der Waals surface area contributed by atoms with E-state index in [1.807, 2.05) is 0 Å². The third-order valence-corrected chi connectivity index (χ3v) is 4.26. The second-order valence-electron chi connectivity index (χ2n) is 5.16. The number of halogens is 3. The molecule has 3 aromatic rings. The van der Waals surface area contributed by atoms with E-state index in [-0.39, 0.29) is 10.2 Å². The van der Waals surface area contributed by atoms with E-state index in [0.717, 1.165) is 17.4 Å². The molecule has 9 heteroatoms. The molecular formula is C17H12ClF2N3O2S. The van der Waals surface area contributed by atoms with Crippen molar-refractivity contribution in [2.45, 2.75) is 0 Å². The molecule has 1 N–H and O–H groups in total. The molecule has 2 aromatic carbocycles. The molecule has 5 nitrogen and oxygen atoms in total. The maximum Gasteiger partial charge on any atom is 0.327 e. The summed E-state index contributed by atoms with van der Waals surface area (Å²) in [7, 11) is 1.47. The number of carbonyl (C=O) groups is 1. The minimum absolute atomic E-state index is 0.180. The van der Waals surface area contributed by atoms with Gasteiger partial charge in [0.2, 0.25) is 5.06 Å². The first kappa shape index (κ1) is 18.1. The van der Waals surface area contributed by atoms with Gasteiger partial charge >= 0.3 is 6.03 Å². The normalized spacial score (nSPS) is 10.5. The van der Waals surface area contributed by atoms with Crippen LogP contribution in [0.5, 0.6) is 10.8 Å². The van der Waals surface area contributed by atoms with Crippen molar-refractivity contribution in [2.75, 3.05) is 17.3 Å². The van der Waals surface area contributed by atoms with Gasteiger partial charge in [0.25, 0.3) is 0 Å². The zero-order valence-corrected chi connectivity index (χ0v) is 14.9. The maximum atomic E-state index is 13.4. The fraction of sp³-hybridized carbons (Fsp3) is 0.0588. The topological polar surface area (TPSA) is 54.5 Å². The van der Waals surface area contributed by atoms with Crippen molar-refractivity contribution in [3.05, 3.63) is 65.3 Å². The number of rotatable bonds is 4. The van der Waals surface area contributed by atoms with Crippen LogP contribution in [0.15, 0.2) is 48.7 Å². The molecule has 0 aliphatic heterocycles. The minimum atomic E-state index is -0.549. The Labute approximate surface area is 156 Å². The summed E-state index contributed by atoms with van der Waals surface area (Å²) in [4.78, 5) is 17.5. The predicted octanol–water partition coefficient (Wildman–Crippen LogP) is 5.54. The summed E-state index contributed by atoms with van der Waals surface area (Å²) in [6, 6.07) is 8.93. The van der Waals surface area contributed by atoms with Crippen LogP contribution in [0.1, 0.15) is 0 Å². The van der Waals surface area contributed by atoms with E-state index in [2.05, 4.69) is 10.3 Å². The quantitative estimate of drug-likeness (QED) is 0.631. The van der Waals surface area contributed by atoms with Gasteiger partial charge in [0.1, 0.15) is 17.4 Å². The summed E-state index contributed by atoms with van der Waals surface area (Å²) in [6.07, 6.45) is 1.41. The SMILES string of the molecule is CN(C(=O)Nc1ncc(Oc2cccc(F)c2)s1)c1cc(F)cc(Cl)c1. The number of nitrogens with one attached hydrogen (secondary N) is 1. The van der Waals surface area contributed by atoms with Gasteiger partial charge < -0.3 is 4.74 Å². The molecule has 0 saturated carbocycles. The van der Waals surface area contributed by atoms with E-state index in [0.29, 0.717) is 16.5 Å². The summed E-state index contributed by atoms with van der Waals surface area (Å²) >= 11 is 6.86. The molecule has 0 aliphatic rings. The Morgan fingerprint density at radius 3 is 2.77 bits per heavy atom. The van der Waals surface area contributed by atoms with Crippen LogP contribution in [-0.2, 0) is 0 Å². The second-order valence-corrected chi connectivity index (χ2v) is 6.59. The fourth-order valence-corrected chi connectivity index (χ4v) is 2.93. The highest BCUT2D eigenvalue weighted by Gasteiger charge is 2.15. The van der Waals surface area contributed by atoms with Gasteiger partial charge in [-0.15, -0.1) is 0 Å². The van der Waals surface area contributed by atoms with Crippen LogP contribution in [0.4, 0.5) is 24.4 Å². The summed E-state index contributed by atoms with van der Waals surface area (Å²) in [6.45, 7) is 0. The van der Waals surface area contributed by atoms with E-state index in [1.165, 1.54) is 48.5 Å². The van der Waals surface area contributed by atoms with Crippen molar-refractivity contribution in [3.8, 4) is 10.8 Å². The van der Waals surface area contributed by atoms with Crippen molar-refractivity contribution in [1.29, 1.82) is 0 Å². The Balaban J connectivity index is 1.67. The molecule has 26 heavy (non-hydrogen) atoms. The zero-order valence-electron chi connectivity index (χ0n) is 13.4. The van der Waals surface area contributed by atoms with Crippen molar-refractivity contribution in [2.24, 2.45) is 0 Å². The van der Waals surface area contributed by atoms with E-state index < -0.39 is 17.7 Å². The number of benzene rings is 2. The number of nitrogens with zero attached hydrogens (tertiary/aromatic N) is 2. The van der Waals surface area contributed by atoms with Gasteiger partial charge in [0.05, 0.1) is 6.20 Å². The van der Waals surface area contributed by atoms with Gasteiger partial charge in [-0.05, 0) is 30.3 Å². The molecular weight excluding hydrogens is 384 g/mol. The van der Waals surface area contributed by atoms with Gasteiger partial charge in [0, 0.05) is 23.8 Å². The Kier molecular flexibility index (Phi) is 5.34. The highest BCUT2D eigenvalue weighted by atomic mass is 35.5. The third kappa shape index (κ3) is 4.47. The number of hydrogen-bond acceptors (Lipinski definition) is 4. The Morgan fingerprint density at radius 2 is 2.04 bits per heavy atom. The lowest BCUT2D eigenvalue weighted by Gasteiger charge is -2.17. The average Bonchev–Trinajstić information content (AvgIpc) is 3.00. The summed E-state index contributed by atoms with van der Waals surface area (Å²) in [5.74, 6) is -0.652. The molecule has 1 heterocycles. The number of aromatic nitrogens is 1. The van der Waals surface area contributed by atoms with Crippen LogP contribution in [0.3, 0.4) is 0 Å². The molecule has 0 atom stereocenters. The lowest BCUT2D eigenvalue weighted by Crippen LogP contribution is -2.31. The predicted molar refractivity (Wildman–Crippen MR) is 97.4 cm³/mol. The lowest BCUT2D eigenvalue weighted by atomic mass is 10.3. The molecule has 0 fully saturated rings. The lowest BCUT2D eigenvalue weighted by molar-refractivity contribution is 0.258. The molecule has 134 valence electrons. The molecule has 2 amide bonds. The number of amides is 2. The summed E-state index contributed by atoms with van der Waals surface area (Å²) in [5, 5.41) is 3.40. The monoisotopic (exact) mass is 395 g/mol. The Hall–Kier alpha value is -2.71. The Morgan fingerprint density at radius 1 is 1.23 bits per heavy atom. The van der Waals surface area contributed by atoms with Crippen LogP contribution >= 0.6 is 22.9 Å². The molecule has 0 aliphatic carbocycles. The van der Waals surface area contributed by atoms with Crippen molar-refractivity contribution >= 4 is 39.8 Å². The molecule has 0 radical (unpaired) electrons. The van der Waals surface area contributed by atoms with Crippen LogP contribution in [0.2, 0.25) is 5.02 Å². The van der Waals surface area contributed by atoms with Crippen LogP contribution < -0.4 is 15.0 Å².